The van der Waals surface area contributed by atoms with E-state index in [2.05, 4.69) is 376 Å². The molecule has 8 heterocycles. The minimum Gasteiger partial charge on any atom is -0.456 e. The van der Waals surface area contributed by atoms with Crippen molar-refractivity contribution in [2.45, 2.75) is 10.8 Å². The van der Waals surface area contributed by atoms with E-state index in [1.54, 1.807) is 11.3 Å². The maximum atomic E-state index is 7.26. The van der Waals surface area contributed by atoms with Crippen LogP contribution in [0.5, 0.6) is 23.0 Å². The molecule has 2 spiro atoms. The molecule has 9 nitrogen and oxygen atoms in total. The number of aromatic nitrogens is 7. The number of rotatable bonds is 8. The number of fused-ring (bicyclic) bond motifs is 32. The zero-order valence-electron chi connectivity index (χ0n) is 69.6. The molecule has 18 aromatic carbocycles. The highest BCUT2D eigenvalue weighted by Crippen LogP contribution is 2.66. The molecular formula is C119H69N7O2S2. The Kier molecular flexibility index (Phi) is 16.4. The molecule has 6 aromatic heterocycles. The highest BCUT2D eigenvalue weighted by Gasteiger charge is 2.53. The van der Waals surface area contributed by atoms with Crippen LogP contribution >= 0.6 is 22.7 Å². The summed E-state index contributed by atoms with van der Waals surface area (Å²) in [5.41, 5.74) is 26.4. The third kappa shape index (κ3) is 11.0. The average Bonchev–Trinajstić information content (AvgIpc) is 1.49. The number of thiophene rings is 2. The van der Waals surface area contributed by atoms with Gasteiger partial charge in [-0.3, -0.25) is 0 Å². The van der Waals surface area contributed by atoms with E-state index < -0.39 is 10.8 Å². The predicted molar refractivity (Wildman–Crippen MR) is 531 cm³/mol. The van der Waals surface area contributed by atoms with Gasteiger partial charge in [0.1, 0.15) is 23.0 Å². The Morgan fingerprint density at radius 3 is 1.03 bits per heavy atom. The van der Waals surface area contributed by atoms with Gasteiger partial charge in [0.15, 0.2) is 23.3 Å². The van der Waals surface area contributed by atoms with Crippen molar-refractivity contribution in [2.75, 3.05) is 0 Å². The summed E-state index contributed by atoms with van der Waals surface area (Å²) in [6.45, 7) is 0. The van der Waals surface area contributed by atoms with E-state index in [1.807, 2.05) is 53.8 Å². The first-order chi connectivity index (χ1) is 64.4. The molecule has 0 atom stereocenters. The van der Waals surface area contributed by atoms with Crippen molar-refractivity contribution >= 4 is 106 Å². The molecule has 0 saturated carbocycles. The summed E-state index contributed by atoms with van der Waals surface area (Å²) in [5.74, 6) is 5.91. The zero-order valence-corrected chi connectivity index (χ0v) is 71.2. The number of para-hydroxylation sites is 2. The van der Waals surface area contributed by atoms with E-state index in [9.17, 15) is 0 Å². The molecule has 28 rings (SSSR count). The van der Waals surface area contributed by atoms with Crippen molar-refractivity contribution in [3.63, 3.8) is 0 Å². The van der Waals surface area contributed by atoms with Crippen LogP contribution < -0.4 is 9.47 Å². The van der Waals surface area contributed by atoms with Crippen molar-refractivity contribution < 1.29 is 9.47 Å². The van der Waals surface area contributed by atoms with E-state index in [-0.39, 0.29) is 0 Å². The van der Waals surface area contributed by atoms with Crippen LogP contribution in [0.4, 0.5) is 0 Å². The van der Waals surface area contributed by atoms with E-state index in [1.165, 1.54) is 80.2 Å². The van der Waals surface area contributed by atoms with Gasteiger partial charge in [-0.15, -0.1) is 22.7 Å². The van der Waals surface area contributed by atoms with E-state index >= 15 is 0 Å². The smallest absolute Gasteiger partial charge is 0.165 e. The van der Waals surface area contributed by atoms with Crippen LogP contribution in [0.3, 0.4) is 0 Å². The summed E-state index contributed by atoms with van der Waals surface area (Å²) >= 11 is 3.59. The first-order valence-corrected chi connectivity index (χ1v) is 45.5. The fourth-order valence-electron chi connectivity index (χ4n) is 21.4. The lowest BCUT2D eigenvalue weighted by Gasteiger charge is -2.40. The fourth-order valence-corrected chi connectivity index (χ4v) is 23.8. The van der Waals surface area contributed by atoms with E-state index in [0.29, 0.717) is 23.3 Å². The summed E-state index contributed by atoms with van der Waals surface area (Å²) in [6, 6.07) is 149. The number of ether oxygens (including phenoxy) is 2. The molecule has 2 aliphatic heterocycles. The molecule has 604 valence electrons. The normalized spacial score (nSPS) is 13.2. The number of hydrogen-bond donors (Lipinski definition) is 0. The second kappa shape index (κ2) is 29.0. The summed E-state index contributed by atoms with van der Waals surface area (Å²) in [5, 5.41) is 11.0. The van der Waals surface area contributed by atoms with Gasteiger partial charge in [-0.25, -0.2) is 34.9 Å². The summed E-state index contributed by atoms with van der Waals surface area (Å²) in [6.07, 6.45) is 0. The van der Waals surface area contributed by atoms with E-state index in [0.717, 1.165) is 161 Å². The highest BCUT2D eigenvalue weighted by atomic mass is 32.1. The molecule has 0 radical (unpaired) electrons. The molecule has 2 aliphatic carbocycles. The van der Waals surface area contributed by atoms with Crippen LogP contribution in [0.25, 0.3) is 197 Å². The minimum atomic E-state index is -0.597. The van der Waals surface area contributed by atoms with Crippen LogP contribution in [0, 0.1) is 0 Å². The fraction of sp³-hybridized carbons (Fsp3) is 0.0168. The van der Waals surface area contributed by atoms with Gasteiger partial charge in [0.25, 0.3) is 0 Å². The maximum absolute atomic E-state index is 7.26. The molecule has 0 unspecified atom stereocenters. The first kappa shape index (κ1) is 73.8. The average molecular weight is 1690 g/mol. The first-order valence-electron chi connectivity index (χ1n) is 43.9. The van der Waals surface area contributed by atoms with Crippen LogP contribution in [0.15, 0.2) is 419 Å². The lowest BCUT2D eigenvalue weighted by Crippen LogP contribution is -2.32. The van der Waals surface area contributed by atoms with Crippen molar-refractivity contribution in [3.05, 3.63) is 463 Å². The van der Waals surface area contributed by atoms with Crippen LogP contribution in [-0.2, 0) is 10.8 Å². The van der Waals surface area contributed by atoms with Crippen molar-refractivity contribution in [1.29, 1.82) is 0 Å². The number of benzene rings is 18. The predicted octanol–water partition coefficient (Wildman–Crippen LogP) is 30.8. The van der Waals surface area contributed by atoms with Gasteiger partial charge in [-0.05, 0) is 93.0 Å². The molecule has 0 bridgehead atoms. The van der Waals surface area contributed by atoms with Crippen LogP contribution in [0.2, 0.25) is 0 Å². The Bertz CT molecular complexity index is 8290. The minimum absolute atomic E-state index is 0.579. The molecule has 0 N–H and O–H groups in total. The Morgan fingerprint density at radius 2 is 0.546 bits per heavy atom. The second-order valence-corrected chi connectivity index (χ2v) is 35.9. The van der Waals surface area contributed by atoms with Crippen molar-refractivity contribution in [3.8, 4) is 136 Å². The Hall–Kier alpha value is -16.6. The SMILES string of the molecule is c1ccc(-c2nc(-c3ccc4c(c3)nc(-c3ccccc3)c3ccc5c(c34)Oc3ccccc3C53c4ccccc4-c4ccccc43)cc(-c3cccc4c3sc3ccccc34)n2)cc1.c1ccc(-c2nc(-c3ccc4c(c3)nc(-c3ccccc3)c3ccc5c(c34)Oc3ccccc3C53c4ccccc4-c4ccccc43)nc(-c3cccc4c3sc3ccccc34)n2)cc1. The Balaban J connectivity index is 0.000000134. The van der Waals surface area contributed by atoms with Gasteiger partial charge in [0.05, 0.1) is 44.6 Å². The molecule has 0 amide bonds. The van der Waals surface area contributed by atoms with Crippen LogP contribution in [0.1, 0.15) is 44.5 Å². The molecule has 0 saturated heterocycles. The van der Waals surface area contributed by atoms with Gasteiger partial charge < -0.3 is 9.47 Å². The van der Waals surface area contributed by atoms with Crippen molar-refractivity contribution in [2.24, 2.45) is 0 Å². The molecule has 11 heteroatoms. The maximum Gasteiger partial charge on any atom is 0.165 e. The topological polar surface area (TPSA) is 109 Å². The summed E-state index contributed by atoms with van der Waals surface area (Å²) in [4.78, 5) is 37.3. The largest absolute Gasteiger partial charge is 0.456 e. The third-order valence-corrected chi connectivity index (χ3v) is 29.4. The molecule has 130 heavy (non-hydrogen) atoms. The Morgan fingerprint density at radius 1 is 0.200 bits per heavy atom. The van der Waals surface area contributed by atoms with Gasteiger partial charge >= 0.3 is 0 Å². The quantitative estimate of drug-likeness (QED) is 0.137. The Labute approximate surface area is 754 Å². The highest BCUT2D eigenvalue weighted by molar-refractivity contribution is 7.26. The lowest BCUT2D eigenvalue weighted by atomic mass is 9.65. The number of nitrogens with zero attached hydrogens (tertiary/aromatic N) is 7. The van der Waals surface area contributed by atoms with Gasteiger partial charge in [0.2, 0.25) is 0 Å². The third-order valence-electron chi connectivity index (χ3n) is 26.9. The van der Waals surface area contributed by atoms with E-state index in [4.69, 9.17) is 44.4 Å². The lowest BCUT2D eigenvalue weighted by molar-refractivity contribution is 0.442. The number of hydrogen-bond acceptors (Lipinski definition) is 11. The monoisotopic (exact) mass is 1690 g/mol. The zero-order chi connectivity index (χ0) is 85.3. The summed E-state index contributed by atoms with van der Waals surface area (Å²) in [7, 11) is 0. The molecule has 0 fully saturated rings. The van der Waals surface area contributed by atoms with Gasteiger partial charge in [-0.2, -0.15) is 0 Å². The van der Waals surface area contributed by atoms with Gasteiger partial charge in [0, 0.05) is 139 Å². The van der Waals surface area contributed by atoms with Crippen LogP contribution in [-0.4, -0.2) is 34.9 Å². The molecule has 4 aliphatic rings. The molecular weight excluding hydrogens is 1620 g/mol. The second-order valence-electron chi connectivity index (χ2n) is 33.8. The van der Waals surface area contributed by atoms with Gasteiger partial charge in [-0.1, -0.05) is 370 Å². The number of pyridine rings is 2. The van der Waals surface area contributed by atoms with Crippen molar-refractivity contribution in [1.82, 2.24) is 34.9 Å². The summed E-state index contributed by atoms with van der Waals surface area (Å²) < 4.78 is 19.4. The standard InChI is InChI=1S/C60H35N3OS.C59H34N4OS/c1-3-16-36(17-4-1)56-45-32-33-49-57(64-53-28-13-12-27-48(53)60(49)46-25-10-7-20-39(46)40-21-8-11-26-47(40)60)55(45)43-31-30-38(34-51(43)61-56)50-35-52(63-59(62-50)37-18-5-2-6-19-37)44-24-15-23-42-41-22-9-14-29-54(41)65-58(42)44;1-3-16-35(17-4-1)53-43-32-33-48-54(64-50-28-13-12-27-47(50)59(48)45-25-10-7-20-38(45)39-21-8-11-26-46(39)59)52(43)42-31-30-37(34-49(42)60-53)57-61-56(36-18-5-2-6-19-36)62-58(63-57)44-24-15-23-41-40-22-9-14-29-51(40)65-55(41)44/h1-35H;1-34H. The molecule has 24 aromatic rings.